The van der Waals surface area contributed by atoms with Crippen LogP contribution < -0.4 is 5.32 Å². The van der Waals surface area contributed by atoms with Crippen molar-refractivity contribution >= 4 is 11.7 Å². The van der Waals surface area contributed by atoms with Gasteiger partial charge in [-0.05, 0) is 25.0 Å². The third-order valence-electron chi connectivity index (χ3n) is 2.79. The molecule has 1 rings (SSSR count). The summed E-state index contributed by atoms with van der Waals surface area (Å²) in [7, 11) is 0. The Kier molecular flexibility index (Phi) is 6.44. The first kappa shape index (κ1) is 15.9. The van der Waals surface area contributed by atoms with E-state index >= 15 is 0 Å². The summed E-state index contributed by atoms with van der Waals surface area (Å²) in [4.78, 5) is 10.3. The van der Waals surface area contributed by atoms with E-state index in [1.807, 2.05) is 0 Å². The lowest BCUT2D eigenvalue weighted by molar-refractivity contribution is -0.137. The van der Waals surface area contributed by atoms with Crippen molar-refractivity contribution in [1.82, 2.24) is 0 Å². The molecule has 0 fully saturated rings. The van der Waals surface area contributed by atoms with Crippen molar-refractivity contribution in [1.29, 1.82) is 5.26 Å². The smallest absolute Gasteiger partial charge is 0.303 e. The first-order valence-corrected chi connectivity index (χ1v) is 6.39. The molecule has 0 aliphatic carbocycles. The Morgan fingerprint density at radius 2 is 1.80 bits per heavy atom. The van der Waals surface area contributed by atoms with Gasteiger partial charge in [0.2, 0.25) is 0 Å². The maximum atomic E-state index is 13.5. The van der Waals surface area contributed by atoms with Crippen LogP contribution in [0.15, 0.2) is 12.1 Å². The standard InChI is InChI=1S/C14H16F2N2O2/c15-11-7-10(9-17)8-12(16)14(11)18-6-4-2-1-3-5-13(19)20/h7-8,18H,1-6H2,(H,19,20). The summed E-state index contributed by atoms with van der Waals surface area (Å²) in [5.41, 5.74) is -0.284. The van der Waals surface area contributed by atoms with Crippen LogP contribution in [-0.2, 0) is 4.79 Å². The van der Waals surface area contributed by atoms with E-state index in [-0.39, 0.29) is 17.7 Å². The van der Waals surface area contributed by atoms with Crippen LogP contribution in [0.25, 0.3) is 0 Å². The van der Waals surface area contributed by atoms with Crippen molar-refractivity contribution in [3.63, 3.8) is 0 Å². The Hall–Kier alpha value is -2.16. The molecule has 0 radical (unpaired) electrons. The lowest BCUT2D eigenvalue weighted by Crippen LogP contribution is -2.06. The van der Waals surface area contributed by atoms with E-state index in [0.29, 0.717) is 19.4 Å². The van der Waals surface area contributed by atoms with E-state index in [1.165, 1.54) is 0 Å². The summed E-state index contributed by atoms with van der Waals surface area (Å²) >= 11 is 0. The van der Waals surface area contributed by atoms with Crippen LogP contribution in [0.5, 0.6) is 0 Å². The van der Waals surface area contributed by atoms with Gasteiger partial charge in [-0.2, -0.15) is 5.26 Å². The van der Waals surface area contributed by atoms with E-state index in [9.17, 15) is 13.6 Å². The zero-order valence-corrected chi connectivity index (χ0v) is 11.0. The zero-order valence-electron chi connectivity index (χ0n) is 11.0. The molecular weight excluding hydrogens is 266 g/mol. The number of nitrogens with one attached hydrogen (secondary N) is 1. The molecule has 0 saturated heterocycles. The molecule has 0 aliphatic rings. The molecule has 0 amide bonds. The van der Waals surface area contributed by atoms with Gasteiger partial charge in [-0.3, -0.25) is 4.79 Å². The van der Waals surface area contributed by atoms with Crippen molar-refractivity contribution in [2.45, 2.75) is 32.1 Å². The fourth-order valence-electron chi connectivity index (χ4n) is 1.77. The second kappa shape index (κ2) is 8.10. The maximum absolute atomic E-state index is 13.5. The Morgan fingerprint density at radius 3 is 2.35 bits per heavy atom. The Labute approximate surface area is 116 Å². The molecule has 1 aromatic rings. The first-order valence-electron chi connectivity index (χ1n) is 6.39. The molecule has 0 saturated carbocycles. The monoisotopic (exact) mass is 282 g/mol. The number of aliphatic carboxylic acids is 1. The third-order valence-corrected chi connectivity index (χ3v) is 2.79. The summed E-state index contributed by atoms with van der Waals surface area (Å²) < 4.78 is 27.0. The van der Waals surface area contributed by atoms with Gasteiger partial charge in [0, 0.05) is 13.0 Å². The number of carbonyl (C=O) groups is 1. The second-order valence-electron chi connectivity index (χ2n) is 4.41. The van der Waals surface area contributed by atoms with E-state index in [0.717, 1.165) is 25.0 Å². The third kappa shape index (κ3) is 5.22. The Bertz CT molecular complexity index is 489. The summed E-state index contributed by atoms with van der Waals surface area (Å²) in [5, 5.41) is 19.7. The second-order valence-corrected chi connectivity index (χ2v) is 4.41. The minimum atomic E-state index is -0.815. The Balaban J connectivity index is 2.32. The van der Waals surface area contributed by atoms with E-state index in [1.54, 1.807) is 6.07 Å². The predicted molar refractivity (Wildman–Crippen MR) is 70.3 cm³/mol. The Morgan fingerprint density at radius 1 is 1.20 bits per heavy atom. The number of nitrogens with zero attached hydrogens (tertiary/aromatic N) is 1. The van der Waals surface area contributed by atoms with Crippen LogP contribution in [-0.4, -0.2) is 17.6 Å². The lowest BCUT2D eigenvalue weighted by atomic mass is 10.1. The van der Waals surface area contributed by atoms with Crippen LogP contribution in [0.2, 0.25) is 0 Å². The van der Waals surface area contributed by atoms with Crippen molar-refractivity contribution in [3.8, 4) is 6.07 Å². The number of carboxylic acids is 1. The highest BCUT2D eigenvalue weighted by atomic mass is 19.1. The molecule has 4 nitrogen and oxygen atoms in total. The zero-order chi connectivity index (χ0) is 15.0. The molecule has 6 heteroatoms. The highest BCUT2D eigenvalue weighted by Crippen LogP contribution is 2.20. The molecule has 0 aromatic heterocycles. The van der Waals surface area contributed by atoms with Gasteiger partial charge in [0.15, 0.2) is 11.6 Å². The molecule has 1 aromatic carbocycles. The number of rotatable bonds is 8. The van der Waals surface area contributed by atoms with Gasteiger partial charge in [-0.25, -0.2) is 8.78 Å². The van der Waals surface area contributed by atoms with Crippen molar-refractivity contribution < 1.29 is 18.7 Å². The molecule has 0 spiro atoms. The largest absolute Gasteiger partial charge is 0.481 e. The number of carboxylic acid groups (broad SMARTS) is 1. The first-order chi connectivity index (χ1) is 9.54. The number of halogens is 2. The van der Waals surface area contributed by atoms with Gasteiger partial charge in [0.05, 0.1) is 11.6 Å². The molecule has 0 aliphatic heterocycles. The highest BCUT2D eigenvalue weighted by Gasteiger charge is 2.10. The minimum Gasteiger partial charge on any atom is -0.481 e. The average molecular weight is 282 g/mol. The van der Waals surface area contributed by atoms with Gasteiger partial charge in [0.1, 0.15) is 5.69 Å². The number of benzene rings is 1. The highest BCUT2D eigenvalue weighted by molar-refractivity contribution is 5.66. The number of nitriles is 1. The average Bonchev–Trinajstić information content (AvgIpc) is 2.39. The van der Waals surface area contributed by atoms with Crippen LogP contribution in [0, 0.1) is 23.0 Å². The van der Waals surface area contributed by atoms with Gasteiger partial charge in [0.25, 0.3) is 0 Å². The van der Waals surface area contributed by atoms with Gasteiger partial charge in [-0.15, -0.1) is 0 Å². The minimum absolute atomic E-state index is 0.0563. The summed E-state index contributed by atoms with van der Waals surface area (Å²) in [6, 6.07) is 3.65. The molecule has 2 N–H and O–H groups in total. The van der Waals surface area contributed by atoms with E-state index in [4.69, 9.17) is 10.4 Å². The number of anilines is 1. The number of hydrogen-bond donors (Lipinski definition) is 2. The van der Waals surface area contributed by atoms with Crippen LogP contribution in [0.4, 0.5) is 14.5 Å². The quantitative estimate of drug-likeness (QED) is 0.718. The molecule has 20 heavy (non-hydrogen) atoms. The maximum Gasteiger partial charge on any atom is 0.303 e. The van der Waals surface area contributed by atoms with Gasteiger partial charge in [-0.1, -0.05) is 12.8 Å². The van der Waals surface area contributed by atoms with Crippen LogP contribution in [0.3, 0.4) is 0 Å². The number of hydrogen-bond acceptors (Lipinski definition) is 3. The summed E-state index contributed by atoms with van der Waals surface area (Å²) in [5.74, 6) is -2.38. The molecular formula is C14H16F2N2O2. The SMILES string of the molecule is N#Cc1cc(F)c(NCCCCCCC(=O)O)c(F)c1. The normalized spacial score (nSPS) is 10.1. The van der Waals surface area contributed by atoms with E-state index in [2.05, 4.69) is 5.32 Å². The lowest BCUT2D eigenvalue weighted by Gasteiger charge is -2.08. The number of unbranched alkanes of at least 4 members (excludes halogenated alkanes) is 3. The molecule has 0 bridgehead atoms. The van der Waals surface area contributed by atoms with Crippen LogP contribution >= 0.6 is 0 Å². The van der Waals surface area contributed by atoms with Gasteiger partial charge < -0.3 is 10.4 Å². The van der Waals surface area contributed by atoms with Gasteiger partial charge >= 0.3 is 5.97 Å². The summed E-state index contributed by atoms with van der Waals surface area (Å²) in [6.45, 7) is 0.396. The molecule has 0 heterocycles. The van der Waals surface area contributed by atoms with E-state index < -0.39 is 17.6 Å². The summed E-state index contributed by atoms with van der Waals surface area (Å²) in [6.07, 6.45) is 3.01. The van der Waals surface area contributed by atoms with Crippen molar-refractivity contribution in [3.05, 3.63) is 29.3 Å². The van der Waals surface area contributed by atoms with Crippen LogP contribution in [0.1, 0.15) is 37.7 Å². The van der Waals surface area contributed by atoms with Crippen molar-refractivity contribution in [2.75, 3.05) is 11.9 Å². The van der Waals surface area contributed by atoms with Crippen molar-refractivity contribution in [2.24, 2.45) is 0 Å². The fraction of sp³-hybridized carbons (Fsp3) is 0.429. The predicted octanol–water partition coefficient (Wildman–Crippen LogP) is 3.28. The molecule has 0 atom stereocenters. The topological polar surface area (TPSA) is 73.1 Å². The molecule has 0 unspecified atom stereocenters. The fourth-order valence-corrected chi connectivity index (χ4v) is 1.77. The molecule has 108 valence electrons.